The van der Waals surface area contributed by atoms with Gasteiger partial charge in [-0.25, -0.2) is 5.01 Å². The minimum Gasteiger partial charge on any atom is -0.497 e. The van der Waals surface area contributed by atoms with Crippen LogP contribution in [0.1, 0.15) is 50.7 Å². The summed E-state index contributed by atoms with van der Waals surface area (Å²) in [5.41, 5.74) is 5.28. The van der Waals surface area contributed by atoms with Gasteiger partial charge in [0.2, 0.25) is 0 Å². The van der Waals surface area contributed by atoms with Gasteiger partial charge in [0.15, 0.2) is 0 Å². The fraction of sp³-hybridized carbons (Fsp3) is 0.433. The number of nitrogens with zero attached hydrogens (tertiary/aromatic N) is 3. The number of likely N-dealkylation sites (N-methyl/N-ethyl adjacent to an activating group) is 1. The summed E-state index contributed by atoms with van der Waals surface area (Å²) in [7, 11) is 5.07. The van der Waals surface area contributed by atoms with Crippen LogP contribution in [-0.2, 0) is 6.18 Å². The van der Waals surface area contributed by atoms with E-state index >= 15 is 0 Å². The Hall–Kier alpha value is -3.46. The van der Waals surface area contributed by atoms with Gasteiger partial charge in [0.05, 0.1) is 36.9 Å². The first kappa shape index (κ1) is 27.1. The van der Waals surface area contributed by atoms with Gasteiger partial charge in [-0.1, -0.05) is 5.57 Å². The van der Waals surface area contributed by atoms with Crippen LogP contribution in [0, 0.1) is 0 Å². The minimum absolute atomic E-state index is 0.0370. The number of anilines is 2. The Morgan fingerprint density at radius 3 is 2.28 bits per heavy atom. The summed E-state index contributed by atoms with van der Waals surface area (Å²) in [5, 5.41) is 9.79. The maximum atomic E-state index is 14.5. The summed E-state index contributed by atoms with van der Waals surface area (Å²) in [6.45, 7) is 5.40. The highest BCUT2D eigenvalue weighted by molar-refractivity contribution is 6.15. The van der Waals surface area contributed by atoms with Gasteiger partial charge in [0, 0.05) is 36.4 Å². The molecule has 1 aliphatic carbocycles. The third-order valence-corrected chi connectivity index (χ3v) is 7.78. The molecule has 1 N–H and O–H groups in total. The molecule has 0 amide bonds. The second kappa shape index (κ2) is 10.6. The van der Waals surface area contributed by atoms with Gasteiger partial charge >= 0.3 is 6.18 Å². The number of halogens is 3. The molecule has 0 saturated carbocycles. The van der Waals surface area contributed by atoms with E-state index in [2.05, 4.69) is 10.2 Å². The lowest BCUT2D eigenvalue weighted by Gasteiger charge is -2.33. The lowest BCUT2D eigenvalue weighted by atomic mass is 9.94. The molecule has 208 valence electrons. The summed E-state index contributed by atoms with van der Waals surface area (Å²) in [6, 6.07) is 10.2. The number of allylic oxidation sites excluding steroid dienone is 3. The van der Waals surface area contributed by atoms with Crippen LogP contribution < -0.4 is 24.7 Å². The second-order valence-corrected chi connectivity index (χ2v) is 10.4. The van der Waals surface area contributed by atoms with Crippen molar-refractivity contribution < 1.29 is 22.6 Å². The van der Waals surface area contributed by atoms with Gasteiger partial charge < -0.3 is 19.7 Å². The van der Waals surface area contributed by atoms with Gasteiger partial charge in [-0.15, -0.1) is 0 Å². The molecule has 9 heteroatoms. The number of hydrazone groups is 1. The summed E-state index contributed by atoms with van der Waals surface area (Å²) in [6.07, 6.45) is -1.10. The fourth-order valence-electron chi connectivity index (χ4n) is 5.83. The third kappa shape index (κ3) is 5.12. The zero-order valence-electron chi connectivity index (χ0n) is 23.1. The fourth-order valence-corrected chi connectivity index (χ4v) is 5.83. The van der Waals surface area contributed by atoms with E-state index in [1.807, 2.05) is 33.0 Å². The molecule has 0 bridgehead atoms. The highest BCUT2D eigenvalue weighted by Crippen LogP contribution is 2.47. The van der Waals surface area contributed by atoms with Crippen LogP contribution in [0.5, 0.6) is 11.5 Å². The van der Waals surface area contributed by atoms with Gasteiger partial charge in [-0.2, -0.15) is 18.3 Å². The van der Waals surface area contributed by atoms with Gasteiger partial charge in [-0.3, -0.25) is 0 Å². The Balaban J connectivity index is 1.72. The largest absolute Gasteiger partial charge is 0.497 e. The van der Waals surface area contributed by atoms with Crippen molar-refractivity contribution in [2.45, 2.75) is 51.7 Å². The van der Waals surface area contributed by atoms with Crippen molar-refractivity contribution in [3.05, 3.63) is 69.9 Å². The smallest absolute Gasteiger partial charge is 0.418 e. The number of hydrogen-bond donors (Lipinski definition) is 1. The van der Waals surface area contributed by atoms with Crippen LogP contribution in [0.4, 0.5) is 24.5 Å². The maximum Gasteiger partial charge on any atom is 0.418 e. The van der Waals surface area contributed by atoms with Crippen molar-refractivity contribution >= 4 is 17.1 Å². The van der Waals surface area contributed by atoms with E-state index in [0.717, 1.165) is 72.4 Å². The van der Waals surface area contributed by atoms with Crippen molar-refractivity contribution in [1.82, 2.24) is 5.32 Å². The first-order valence-corrected chi connectivity index (χ1v) is 13.3. The highest BCUT2D eigenvalue weighted by Gasteiger charge is 2.39. The number of alkyl halides is 3. The van der Waals surface area contributed by atoms with Crippen LogP contribution in [0.25, 0.3) is 0 Å². The van der Waals surface area contributed by atoms with Crippen LogP contribution in [0.15, 0.2) is 63.9 Å². The average molecular weight is 541 g/mol. The molecule has 2 aliphatic heterocycles. The lowest BCUT2D eigenvalue weighted by Crippen LogP contribution is -2.31. The molecule has 0 spiro atoms. The first-order chi connectivity index (χ1) is 18.6. The molecule has 1 atom stereocenters. The van der Waals surface area contributed by atoms with Crippen LogP contribution >= 0.6 is 0 Å². The topological polar surface area (TPSA) is 49.3 Å². The summed E-state index contributed by atoms with van der Waals surface area (Å²) < 4.78 is 54.4. The molecule has 0 radical (unpaired) electrons. The molecule has 5 rings (SSSR count). The molecule has 2 aromatic carbocycles. The molecule has 1 saturated heterocycles. The predicted octanol–water partition coefficient (Wildman–Crippen LogP) is 6.52. The molecular formula is C30H35F3N4O2. The molecule has 39 heavy (non-hydrogen) atoms. The van der Waals surface area contributed by atoms with Crippen LogP contribution in [0.3, 0.4) is 0 Å². The monoisotopic (exact) mass is 540 g/mol. The van der Waals surface area contributed by atoms with Crippen LogP contribution in [-0.4, -0.2) is 46.1 Å². The molecule has 1 fully saturated rings. The Kier molecular flexibility index (Phi) is 7.37. The highest BCUT2D eigenvalue weighted by atomic mass is 19.4. The van der Waals surface area contributed by atoms with E-state index in [-0.39, 0.29) is 5.69 Å². The van der Waals surface area contributed by atoms with E-state index in [0.29, 0.717) is 23.3 Å². The van der Waals surface area contributed by atoms with E-state index < -0.39 is 11.7 Å². The molecule has 6 nitrogen and oxygen atoms in total. The standard InChI is InChI=1S/C30H35F3N4O2/c1-18(2)29-25-8-6-7-24(25)28(19-13-22(38-4)16-23(14-19)39-5)35-37(29)27-15-21(9-10-26(27)30(31,32)33)36-12-11-20(17-36)34-3/h9-10,13-16,20,34H,6-8,11-12,17H2,1-5H3. The number of ether oxygens (including phenoxy) is 2. The zero-order chi connectivity index (χ0) is 27.9. The molecule has 3 aliphatic rings. The molecule has 0 aromatic heterocycles. The third-order valence-electron chi connectivity index (χ3n) is 7.78. The Morgan fingerprint density at radius 1 is 1.00 bits per heavy atom. The summed E-state index contributed by atoms with van der Waals surface area (Å²) >= 11 is 0. The number of methoxy groups -OCH3 is 2. The minimum atomic E-state index is -4.54. The predicted molar refractivity (Wildman–Crippen MR) is 149 cm³/mol. The van der Waals surface area contributed by atoms with E-state index in [1.165, 1.54) is 11.1 Å². The van der Waals surface area contributed by atoms with E-state index in [9.17, 15) is 13.2 Å². The summed E-state index contributed by atoms with van der Waals surface area (Å²) in [4.78, 5) is 2.13. The summed E-state index contributed by atoms with van der Waals surface area (Å²) in [5.74, 6) is 1.19. The Bertz CT molecular complexity index is 1340. The second-order valence-electron chi connectivity index (χ2n) is 10.4. The maximum absolute atomic E-state index is 14.5. The molecule has 2 aromatic rings. The van der Waals surface area contributed by atoms with E-state index in [4.69, 9.17) is 14.6 Å². The lowest BCUT2D eigenvalue weighted by molar-refractivity contribution is -0.137. The van der Waals surface area contributed by atoms with Crippen molar-refractivity contribution in [3.63, 3.8) is 0 Å². The average Bonchev–Trinajstić information content (AvgIpc) is 3.61. The molecule has 1 unspecified atom stereocenters. The quantitative estimate of drug-likeness (QED) is 0.452. The molecular weight excluding hydrogens is 505 g/mol. The number of hydrogen-bond acceptors (Lipinski definition) is 6. The Morgan fingerprint density at radius 2 is 1.69 bits per heavy atom. The number of benzene rings is 2. The van der Waals surface area contributed by atoms with Crippen LogP contribution in [0.2, 0.25) is 0 Å². The number of rotatable bonds is 6. The Labute approximate surface area is 227 Å². The van der Waals surface area contributed by atoms with E-state index in [1.54, 1.807) is 32.4 Å². The van der Waals surface area contributed by atoms with Gasteiger partial charge in [0.25, 0.3) is 0 Å². The zero-order valence-corrected chi connectivity index (χ0v) is 23.1. The SMILES string of the molecule is CNC1CCN(c2ccc(C(F)(F)F)c(N3N=C(c4cc(OC)cc(OC)c4)C4=C(CCC4)C3=C(C)C)c2)C1. The van der Waals surface area contributed by atoms with Crippen molar-refractivity contribution in [2.75, 3.05) is 44.3 Å². The molecule has 2 heterocycles. The van der Waals surface area contributed by atoms with Crippen molar-refractivity contribution in [2.24, 2.45) is 5.10 Å². The normalized spacial score (nSPS) is 19.4. The van der Waals surface area contributed by atoms with Crippen molar-refractivity contribution in [1.29, 1.82) is 0 Å². The van der Waals surface area contributed by atoms with Gasteiger partial charge in [-0.05, 0) is 88.1 Å². The van der Waals surface area contributed by atoms with Crippen molar-refractivity contribution in [3.8, 4) is 11.5 Å². The first-order valence-electron chi connectivity index (χ1n) is 13.3. The number of nitrogens with one attached hydrogen (secondary N) is 1. The van der Waals surface area contributed by atoms with Gasteiger partial charge in [0.1, 0.15) is 11.5 Å².